The first kappa shape index (κ1) is 17.3. The third kappa shape index (κ3) is 3.60. The zero-order valence-corrected chi connectivity index (χ0v) is 14.4. The molecule has 6 nitrogen and oxygen atoms in total. The Morgan fingerprint density at radius 1 is 1.21 bits per heavy atom. The van der Waals surface area contributed by atoms with Gasteiger partial charge in [0.1, 0.15) is 10.7 Å². The molecule has 1 saturated carbocycles. The number of sulfonamides is 1. The van der Waals surface area contributed by atoms with E-state index in [4.69, 9.17) is 0 Å². The van der Waals surface area contributed by atoms with Gasteiger partial charge in [-0.05, 0) is 31.9 Å². The molecular weight excluding hydrogens is 333 g/mol. The highest BCUT2D eigenvalue weighted by molar-refractivity contribution is 7.89. The minimum atomic E-state index is -3.84. The molecule has 0 radical (unpaired) electrons. The number of carbonyl (C=O) groups excluding carboxylic acids is 1. The number of halogens is 1. The van der Waals surface area contributed by atoms with Crippen LogP contribution in [0.2, 0.25) is 0 Å². The van der Waals surface area contributed by atoms with E-state index >= 15 is 0 Å². The van der Waals surface area contributed by atoms with Crippen molar-refractivity contribution in [2.24, 2.45) is 0 Å². The normalized spacial score (nSPS) is 21.4. The van der Waals surface area contributed by atoms with Gasteiger partial charge in [0.15, 0.2) is 0 Å². The summed E-state index contributed by atoms with van der Waals surface area (Å²) in [5.41, 5.74) is 0. The molecule has 0 unspecified atom stereocenters. The fraction of sp³-hybridized carbons (Fsp3) is 0.562. The molecule has 1 aromatic rings. The summed E-state index contributed by atoms with van der Waals surface area (Å²) >= 11 is 0. The summed E-state index contributed by atoms with van der Waals surface area (Å²) in [7, 11) is -3.84. The largest absolute Gasteiger partial charge is 0.352 e. The quantitative estimate of drug-likeness (QED) is 0.848. The SMILES string of the molecule is C[C@@H](C(=O)NC1CC1)N1CCN(S(=O)(=O)c2ccccc2F)CC1. The van der Waals surface area contributed by atoms with Crippen molar-refractivity contribution >= 4 is 15.9 Å². The number of hydrogen-bond donors (Lipinski definition) is 1. The molecule has 1 aromatic carbocycles. The first-order valence-electron chi connectivity index (χ1n) is 8.18. The molecule has 1 amide bonds. The molecule has 0 aromatic heterocycles. The summed E-state index contributed by atoms with van der Waals surface area (Å²) < 4.78 is 40.2. The van der Waals surface area contributed by atoms with Gasteiger partial charge < -0.3 is 5.32 Å². The Kier molecular flexibility index (Phi) is 4.89. The van der Waals surface area contributed by atoms with Crippen molar-refractivity contribution in [3.63, 3.8) is 0 Å². The average molecular weight is 355 g/mol. The van der Waals surface area contributed by atoms with Crippen molar-refractivity contribution in [1.82, 2.24) is 14.5 Å². The van der Waals surface area contributed by atoms with E-state index in [-0.39, 0.29) is 29.9 Å². The Hall–Kier alpha value is -1.51. The molecule has 132 valence electrons. The van der Waals surface area contributed by atoms with Crippen LogP contribution in [0.1, 0.15) is 19.8 Å². The van der Waals surface area contributed by atoms with Crippen LogP contribution in [-0.4, -0.2) is 61.8 Å². The Balaban J connectivity index is 1.62. The second-order valence-corrected chi connectivity index (χ2v) is 8.24. The second-order valence-electron chi connectivity index (χ2n) is 6.33. The predicted octanol–water partition coefficient (Wildman–Crippen LogP) is 0.799. The third-order valence-corrected chi connectivity index (χ3v) is 6.51. The molecule has 0 bridgehead atoms. The van der Waals surface area contributed by atoms with Crippen LogP contribution in [-0.2, 0) is 14.8 Å². The van der Waals surface area contributed by atoms with Crippen LogP contribution >= 0.6 is 0 Å². The molecule has 1 aliphatic carbocycles. The monoisotopic (exact) mass is 355 g/mol. The van der Waals surface area contributed by atoms with Crippen molar-refractivity contribution in [2.75, 3.05) is 26.2 Å². The van der Waals surface area contributed by atoms with Crippen molar-refractivity contribution in [2.45, 2.75) is 36.7 Å². The Labute approximate surface area is 141 Å². The van der Waals surface area contributed by atoms with Gasteiger partial charge in [-0.1, -0.05) is 12.1 Å². The van der Waals surface area contributed by atoms with E-state index in [1.165, 1.54) is 22.5 Å². The van der Waals surface area contributed by atoms with Crippen LogP contribution in [0.25, 0.3) is 0 Å². The lowest BCUT2D eigenvalue weighted by molar-refractivity contribution is -0.126. The van der Waals surface area contributed by atoms with Crippen LogP contribution in [0, 0.1) is 5.82 Å². The maximum Gasteiger partial charge on any atom is 0.246 e. The highest BCUT2D eigenvalue weighted by Gasteiger charge is 2.34. The fourth-order valence-electron chi connectivity index (χ4n) is 2.84. The third-order valence-electron chi connectivity index (χ3n) is 4.58. The molecule has 8 heteroatoms. The van der Waals surface area contributed by atoms with Crippen LogP contribution < -0.4 is 5.32 Å². The topological polar surface area (TPSA) is 69.7 Å². The van der Waals surface area contributed by atoms with Crippen molar-refractivity contribution in [3.05, 3.63) is 30.1 Å². The number of nitrogens with one attached hydrogen (secondary N) is 1. The van der Waals surface area contributed by atoms with Crippen LogP contribution in [0.15, 0.2) is 29.2 Å². The molecule has 1 aliphatic heterocycles. The molecule has 1 saturated heterocycles. The number of rotatable bonds is 5. The van der Waals surface area contributed by atoms with Gasteiger partial charge in [-0.25, -0.2) is 12.8 Å². The lowest BCUT2D eigenvalue weighted by Crippen LogP contribution is -2.55. The van der Waals surface area contributed by atoms with E-state index in [1.54, 1.807) is 0 Å². The minimum Gasteiger partial charge on any atom is -0.352 e. The summed E-state index contributed by atoms with van der Waals surface area (Å²) in [5.74, 6) is -0.750. The maximum absolute atomic E-state index is 13.8. The summed E-state index contributed by atoms with van der Waals surface area (Å²) in [6.45, 7) is 3.23. The molecule has 0 spiro atoms. The number of amides is 1. The smallest absolute Gasteiger partial charge is 0.246 e. The van der Waals surface area contributed by atoms with E-state index in [9.17, 15) is 17.6 Å². The van der Waals surface area contributed by atoms with Crippen LogP contribution in [0.4, 0.5) is 4.39 Å². The summed E-state index contributed by atoms with van der Waals surface area (Å²) in [5, 5.41) is 2.96. The van der Waals surface area contributed by atoms with Gasteiger partial charge in [-0.2, -0.15) is 4.31 Å². The van der Waals surface area contributed by atoms with E-state index in [0.717, 1.165) is 18.9 Å². The molecule has 3 rings (SSSR count). The van der Waals surface area contributed by atoms with Crippen molar-refractivity contribution in [1.29, 1.82) is 0 Å². The Morgan fingerprint density at radius 3 is 2.42 bits per heavy atom. The van der Waals surface area contributed by atoms with Crippen LogP contribution in [0.3, 0.4) is 0 Å². The van der Waals surface area contributed by atoms with E-state index < -0.39 is 15.8 Å². The average Bonchev–Trinajstić information content (AvgIpc) is 3.38. The first-order chi connectivity index (χ1) is 11.4. The Bertz CT molecular complexity index is 713. The fourth-order valence-corrected chi connectivity index (χ4v) is 4.33. The van der Waals surface area contributed by atoms with Gasteiger partial charge in [-0.15, -0.1) is 0 Å². The molecule has 2 fully saturated rings. The van der Waals surface area contributed by atoms with Crippen molar-refractivity contribution < 1.29 is 17.6 Å². The summed E-state index contributed by atoms with van der Waals surface area (Å²) in [6.07, 6.45) is 2.07. The summed E-state index contributed by atoms with van der Waals surface area (Å²) in [6, 6.07) is 5.42. The second kappa shape index (κ2) is 6.78. The first-order valence-corrected chi connectivity index (χ1v) is 9.62. The summed E-state index contributed by atoms with van der Waals surface area (Å²) in [4.78, 5) is 13.8. The van der Waals surface area contributed by atoms with Gasteiger partial charge in [0, 0.05) is 32.2 Å². The molecule has 24 heavy (non-hydrogen) atoms. The van der Waals surface area contributed by atoms with Gasteiger partial charge in [0.05, 0.1) is 6.04 Å². The zero-order valence-electron chi connectivity index (χ0n) is 13.6. The lowest BCUT2D eigenvalue weighted by atomic mass is 10.2. The minimum absolute atomic E-state index is 0.0112. The van der Waals surface area contributed by atoms with E-state index in [1.807, 2.05) is 11.8 Å². The Morgan fingerprint density at radius 2 is 1.83 bits per heavy atom. The molecular formula is C16H22FN3O3S. The van der Waals surface area contributed by atoms with Crippen molar-refractivity contribution in [3.8, 4) is 0 Å². The predicted molar refractivity (Wildman–Crippen MR) is 87.4 cm³/mol. The zero-order chi connectivity index (χ0) is 17.3. The molecule has 1 atom stereocenters. The highest BCUT2D eigenvalue weighted by atomic mass is 32.2. The highest BCUT2D eigenvalue weighted by Crippen LogP contribution is 2.22. The molecule has 1 heterocycles. The number of benzene rings is 1. The maximum atomic E-state index is 13.8. The van der Waals surface area contributed by atoms with E-state index in [0.29, 0.717) is 19.1 Å². The number of carbonyl (C=O) groups is 1. The number of nitrogens with zero attached hydrogens (tertiary/aromatic N) is 2. The van der Waals surface area contributed by atoms with Gasteiger partial charge in [0.2, 0.25) is 15.9 Å². The number of piperazine rings is 1. The number of hydrogen-bond acceptors (Lipinski definition) is 4. The van der Waals surface area contributed by atoms with Gasteiger partial charge in [-0.3, -0.25) is 9.69 Å². The molecule has 2 aliphatic rings. The molecule has 1 N–H and O–H groups in total. The van der Waals surface area contributed by atoms with Gasteiger partial charge >= 0.3 is 0 Å². The standard InChI is InChI=1S/C16H22FN3O3S/c1-12(16(21)18-13-6-7-13)19-8-10-20(11-9-19)24(22,23)15-5-3-2-4-14(15)17/h2-5,12-13H,6-11H2,1H3,(H,18,21)/t12-/m0/s1. The van der Waals surface area contributed by atoms with Crippen LogP contribution in [0.5, 0.6) is 0 Å². The lowest BCUT2D eigenvalue weighted by Gasteiger charge is -2.36. The van der Waals surface area contributed by atoms with E-state index in [2.05, 4.69) is 5.32 Å². The van der Waals surface area contributed by atoms with Gasteiger partial charge in [0.25, 0.3) is 0 Å².